The minimum atomic E-state index is 0.0896. The van der Waals surface area contributed by atoms with Crippen molar-refractivity contribution in [2.75, 3.05) is 0 Å². The second-order valence-corrected chi connectivity index (χ2v) is 3.47. The van der Waals surface area contributed by atoms with Crippen LogP contribution in [-0.2, 0) is 11.2 Å². The molecule has 2 aromatic rings. The Hall–Kier alpha value is -1.42. The van der Waals surface area contributed by atoms with Gasteiger partial charge < -0.3 is 0 Å². The number of imidazole rings is 1. The fourth-order valence-corrected chi connectivity index (χ4v) is 1.51. The fraction of sp³-hybridized carbons (Fsp3) is 0.222. The number of ketones is 1. The molecule has 72 valence electrons. The molecule has 0 spiro atoms. The quantitative estimate of drug-likeness (QED) is 0.754. The molecule has 0 unspecified atom stereocenters. The van der Waals surface area contributed by atoms with Crippen LogP contribution in [0.25, 0.3) is 5.65 Å². The highest BCUT2D eigenvalue weighted by Gasteiger charge is 2.07. The first-order chi connectivity index (χ1) is 6.68. The van der Waals surface area contributed by atoms with E-state index < -0.39 is 0 Å². The van der Waals surface area contributed by atoms with Gasteiger partial charge in [0.2, 0.25) is 0 Å². The SMILES string of the molecule is CC(=O)Cc1cnc2c(Cl)cncn12. The lowest BCUT2D eigenvalue weighted by Gasteiger charge is -1.98. The summed E-state index contributed by atoms with van der Waals surface area (Å²) in [5, 5.41) is 0.488. The van der Waals surface area contributed by atoms with Crippen molar-refractivity contribution in [1.82, 2.24) is 14.4 Å². The molecule has 2 aromatic heterocycles. The highest BCUT2D eigenvalue weighted by molar-refractivity contribution is 6.33. The summed E-state index contributed by atoms with van der Waals surface area (Å²) in [6.45, 7) is 1.54. The van der Waals surface area contributed by atoms with E-state index in [1.165, 1.54) is 13.1 Å². The van der Waals surface area contributed by atoms with Crippen molar-refractivity contribution < 1.29 is 4.79 Å². The molecule has 2 heterocycles. The molecule has 2 rings (SSSR count). The van der Waals surface area contributed by atoms with Crippen molar-refractivity contribution in [1.29, 1.82) is 0 Å². The first kappa shape index (κ1) is 9.15. The third-order valence-corrected chi connectivity index (χ3v) is 2.15. The molecular formula is C9H8ClN3O. The van der Waals surface area contributed by atoms with Crippen LogP contribution in [0.1, 0.15) is 12.6 Å². The van der Waals surface area contributed by atoms with Crippen molar-refractivity contribution in [2.45, 2.75) is 13.3 Å². The summed E-state index contributed by atoms with van der Waals surface area (Å²) >= 11 is 5.88. The van der Waals surface area contributed by atoms with Crippen molar-refractivity contribution in [2.24, 2.45) is 0 Å². The molecule has 0 aliphatic carbocycles. The van der Waals surface area contributed by atoms with Gasteiger partial charge in [-0.05, 0) is 6.92 Å². The van der Waals surface area contributed by atoms with E-state index in [0.717, 1.165) is 5.69 Å². The lowest BCUT2D eigenvalue weighted by atomic mass is 10.2. The van der Waals surface area contributed by atoms with Gasteiger partial charge in [0.25, 0.3) is 0 Å². The lowest BCUT2D eigenvalue weighted by molar-refractivity contribution is -0.116. The molecule has 4 nitrogen and oxygen atoms in total. The molecule has 0 bridgehead atoms. The monoisotopic (exact) mass is 209 g/mol. The van der Waals surface area contributed by atoms with Crippen molar-refractivity contribution in [3.8, 4) is 0 Å². The summed E-state index contributed by atoms with van der Waals surface area (Å²) in [4.78, 5) is 19.0. The van der Waals surface area contributed by atoms with Gasteiger partial charge in [0.1, 0.15) is 17.1 Å². The molecular weight excluding hydrogens is 202 g/mol. The van der Waals surface area contributed by atoms with Crippen molar-refractivity contribution in [3.63, 3.8) is 0 Å². The summed E-state index contributed by atoms with van der Waals surface area (Å²) in [5.74, 6) is 0.0896. The summed E-state index contributed by atoms with van der Waals surface area (Å²) in [6.07, 6.45) is 5.13. The van der Waals surface area contributed by atoms with Crippen molar-refractivity contribution >= 4 is 23.0 Å². The van der Waals surface area contributed by atoms with Crippen molar-refractivity contribution in [3.05, 3.63) is 29.4 Å². The predicted octanol–water partition coefficient (Wildman–Crippen LogP) is 1.51. The van der Waals surface area contributed by atoms with Crippen LogP contribution in [0.15, 0.2) is 18.7 Å². The maximum atomic E-state index is 10.9. The van der Waals surface area contributed by atoms with E-state index >= 15 is 0 Å². The van der Waals surface area contributed by atoms with E-state index in [0.29, 0.717) is 17.1 Å². The third kappa shape index (κ3) is 1.48. The van der Waals surface area contributed by atoms with Gasteiger partial charge in [-0.25, -0.2) is 9.97 Å². The maximum absolute atomic E-state index is 10.9. The first-order valence-corrected chi connectivity index (χ1v) is 4.51. The van der Waals surface area contributed by atoms with Crippen LogP contribution in [0.4, 0.5) is 0 Å². The van der Waals surface area contributed by atoms with Crippen LogP contribution in [-0.4, -0.2) is 20.2 Å². The Bertz CT molecular complexity index is 492. The fourth-order valence-electron chi connectivity index (χ4n) is 1.31. The normalized spacial score (nSPS) is 10.7. The Morgan fingerprint density at radius 1 is 1.57 bits per heavy atom. The van der Waals surface area contributed by atoms with E-state index in [1.807, 2.05) is 0 Å². The Kier molecular flexibility index (Phi) is 2.21. The summed E-state index contributed by atoms with van der Waals surface area (Å²) in [6, 6.07) is 0. The summed E-state index contributed by atoms with van der Waals surface area (Å²) in [7, 11) is 0. The van der Waals surface area contributed by atoms with Gasteiger partial charge in [-0.2, -0.15) is 0 Å². The number of hydrogen-bond acceptors (Lipinski definition) is 3. The van der Waals surface area contributed by atoms with Gasteiger partial charge in [0, 0.05) is 12.6 Å². The number of carbonyl (C=O) groups is 1. The Morgan fingerprint density at radius 2 is 2.36 bits per heavy atom. The van der Waals surface area contributed by atoms with Crippen LogP contribution >= 0.6 is 11.6 Å². The molecule has 14 heavy (non-hydrogen) atoms. The molecule has 0 radical (unpaired) electrons. The molecule has 0 atom stereocenters. The Balaban J connectivity index is 2.58. The zero-order valence-corrected chi connectivity index (χ0v) is 8.32. The van der Waals surface area contributed by atoms with Crippen LogP contribution in [0.2, 0.25) is 5.02 Å². The maximum Gasteiger partial charge on any atom is 0.158 e. The number of carbonyl (C=O) groups excluding carboxylic acids is 1. The van der Waals surface area contributed by atoms with Gasteiger partial charge in [-0.3, -0.25) is 9.20 Å². The molecule has 0 saturated carbocycles. The van der Waals surface area contributed by atoms with E-state index in [9.17, 15) is 4.79 Å². The average Bonchev–Trinajstić information content (AvgIpc) is 2.49. The van der Waals surface area contributed by atoms with Crippen LogP contribution < -0.4 is 0 Å². The minimum Gasteiger partial charge on any atom is -0.300 e. The average molecular weight is 210 g/mol. The Morgan fingerprint density at radius 3 is 3.07 bits per heavy atom. The molecule has 0 saturated heterocycles. The molecule has 0 aliphatic heterocycles. The number of nitrogens with zero attached hydrogens (tertiary/aromatic N) is 3. The van der Waals surface area contributed by atoms with Gasteiger partial charge >= 0.3 is 0 Å². The lowest BCUT2D eigenvalue weighted by Crippen LogP contribution is -2.00. The van der Waals surface area contributed by atoms with Gasteiger partial charge in [0.05, 0.1) is 11.9 Å². The highest BCUT2D eigenvalue weighted by atomic mass is 35.5. The first-order valence-electron chi connectivity index (χ1n) is 4.13. The molecule has 0 N–H and O–H groups in total. The molecule has 0 aromatic carbocycles. The van der Waals surface area contributed by atoms with E-state index in [2.05, 4.69) is 9.97 Å². The number of rotatable bonds is 2. The molecule has 0 aliphatic rings. The van der Waals surface area contributed by atoms with Gasteiger partial charge in [-0.15, -0.1) is 0 Å². The number of Topliss-reactive ketones (excluding diaryl/α,β-unsaturated/α-hetero) is 1. The highest BCUT2D eigenvalue weighted by Crippen LogP contribution is 2.15. The van der Waals surface area contributed by atoms with E-state index in [1.54, 1.807) is 16.9 Å². The molecule has 0 amide bonds. The standard InChI is InChI=1S/C9H8ClN3O/c1-6(14)2-7-3-12-9-8(10)4-11-5-13(7)9/h3-5H,2H2,1H3. The third-order valence-electron chi connectivity index (χ3n) is 1.89. The molecule has 0 fully saturated rings. The number of fused-ring (bicyclic) bond motifs is 1. The summed E-state index contributed by atoms with van der Waals surface area (Å²) in [5.41, 5.74) is 1.44. The second kappa shape index (κ2) is 3.38. The zero-order chi connectivity index (χ0) is 10.1. The smallest absolute Gasteiger partial charge is 0.158 e. The Labute approximate surface area is 85.5 Å². The predicted molar refractivity (Wildman–Crippen MR) is 52.4 cm³/mol. The second-order valence-electron chi connectivity index (χ2n) is 3.06. The number of hydrogen-bond donors (Lipinski definition) is 0. The largest absolute Gasteiger partial charge is 0.300 e. The topological polar surface area (TPSA) is 47.3 Å². The van der Waals surface area contributed by atoms with Crippen LogP contribution in [0.3, 0.4) is 0 Å². The van der Waals surface area contributed by atoms with E-state index in [4.69, 9.17) is 11.6 Å². The van der Waals surface area contributed by atoms with Gasteiger partial charge in [0.15, 0.2) is 5.65 Å². The number of halogens is 1. The van der Waals surface area contributed by atoms with E-state index in [-0.39, 0.29) is 5.78 Å². The van der Waals surface area contributed by atoms with Crippen LogP contribution in [0, 0.1) is 0 Å². The minimum absolute atomic E-state index is 0.0896. The molecule has 5 heteroatoms. The number of aromatic nitrogens is 3. The summed E-state index contributed by atoms with van der Waals surface area (Å²) < 4.78 is 1.73. The van der Waals surface area contributed by atoms with Crippen LogP contribution in [0.5, 0.6) is 0 Å². The van der Waals surface area contributed by atoms with Gasteiger partial charge in [-0.1, -0.05) is 11.6 Å². The zero-order valence-electron chi connectivity index (χ0n) is 7.57.